The fourth-order valence-corrected chi connectivity index (χ4v) is 2.47. The minimum absolute atomic E-state index is 0.627. The van der Waals surface area contributed by atoms with E-state index in [0.717, 1.165) is 20.3 Å². The molecule has 0 heterocycles. The molecule has 1 aromatic carbocycles. The first-order chi connectivity index (χ1) is 6.69. The van der Waals surface area contributed by atoms with E-state index in [4.69, 9.17) is 10.6 Å². The maximum Gasteiger partial charge on any atom is 0.147 e. The van der Waals surface area contributed by atoms with Crippen molar-refractivity contribution in [2.24, 2.45) is 10.9 Å². The van der Waals surface area contributed by atoms with Gasteiger partial charge in [0, 0.05) is 0 Å². The second kappa shape index (κ2) is 5.36. The van der Waals surface area contributed by atoms with Crippen molar-refractivity contribution in [2.45, 2.75) is 6.92 Å². The van der Waals surface area contributed by atoms with Crippen LogP contribution in [0.3, 0.4) is 0 Å². The van der Waals surface area contributed by atoms with Crippen LogP contribution < -0.4 is 10.6 Å². The molecule has 0 unspecified atom stereocenters. The summed E-state index contributed by atoms with van der Waals surface area (Å²) in [6, 6.07) is 3.79. The molecule has 0 fully saturated rings. The van der Waals surface area contributed by atoms with Gasteiger partial charge >= 0.3 is 0 Å². The van der Waals surface area contributed by atoms with Crippen LogP contribution in [0.4, 0.5) is 0 Å². The lowest BCUT2D eigenvalue weighted by molar-refractivity contribution is 0.336. The summed E-state index contributed by atoms with van der Waals surface area (Å²) < 4.78 is 7.19. The average molecular weight is 322 g/mol. The van der Waals surface area contributed by atoms with Crippen molar-refractivity contribution >= 4 is 38.1 Å². The number of nitrogens with zero attached hydrogens (tertiary/aromatic N) is 1. The van der Waals surface area contributed by atoms with E-state index in [1.165, 1.54) is 0 Å². The molecule has 14 heavy (non-hydrogen) atoms. The normalized spacial score (nSPS) is 10.8. The summed E-state index contributed by atoms with van der Waals surface area (Å²) in [7, 11) is 0. The van der Waals surface area contributed by atoms with E-state index < -0.39 is 0 Å². The summed E-state index contributed by atoms with van der Waals surface area (Å²) in [5.74, 6) is 5.86. The third kappa shape index (κ3) is 2.72. The third-order valence-corrected chi connectivity index (χ3v) is 2.71. The van der Waals surface area contributed by atoms with Crippen LogP contribution in [0, 0.1) is 0 Å². The SMILES string of the molecule is CCOc1c(Br)cc(/C=N/N)cc1Br. The number of nitrogens with two attached hydrogens (primary N) is 1. The molecule has 0 spiro atoms. The van der Waals surface area contributed by atoms with Gasteiger partial charge in [-0.1, -0.05) is 0 Å². The van der Waals surface area contributed by atoms with Crippen LogP contribution in [-0.2, 0) is 0 Å². The quantitative estimate of drug-likeness (QED) is 0.528. The molecule has 1 rings (SSSR count). The number of hydrogen-bond donors (Lipinski definition) is 1. The molecule has 0 bridgehead atoms. The Morgan fingerprint density at radius 1 is 1.43 bits per heavy atom. The molecule has 1 aromatic rings. The summed E-state index contributed by atoms with van der Waals surface area (Å²) in [5, 5.41) is 3.46. The van der Waals surface area contributed by atoms with Crippen LogP contribution in [0.2, 0.25) is 0 Å². The number of benzene rings is 1. The maximum absolute atomic E-state index is 5.43. The minimum Gasteiger partial charge on any atom is -0.492 e. The number of rotatable bonds is 3. The van der Waals surface area contributed by atoms with Crippen molar-refractivity contribution in [3.63, 3.8) is 0 Å². The third-order valence-electron chi connectivity index (χ3n) is 1.53. The summed E-state index contributed by atoms with van der Waals surface area (Å²) in [4.78, 5) is 0. The van der Waals surface area contributed by atoms with Crippen molar-refractivity contribution < 1.29 is 4.74 Å². The van der Waals surface area contributed by atoms with Crippen molar-refractivity contribution in [2.75, 3.05) is 6.61 Å². The summed E-state index contributed by atoms with van der Waals surface area (Å²) >= 11 is 6.82. The van der Waals surface area contributed by atoms with Gasteiger partial charge in [0.15, 0.2) is 0 Å². The molecular formula is C9H10Br2N2O. The molecule has 0 amide bonds. The highest BCUT2D eigenvalue weighted by Crippen LogP contribution is 2.34. The summed E-state index contributed by atoms with van der Waals surface area (Å²) in [6.45, 7) is 2.57. The molecule has 0 saturated heterocycles. The first-order valence-electron chi connectivity index (χ1n) is 4.04. The van der Waals surface area contributed by atoms with E-state index in [9.17, 15) is 0 Å². The van der Waals surface area contributed by atoms with E-state index >= 15 is 0 Å². The Bertz CT molecular complexity index is 330. The zero-order valence-electron chi connectivity index (χ0n) is 7.63. The molecule has 0 atom stereocenters. The van der Waals surface area contributed by atoms with Crippen LogP contribution in [0.15, 0.2) is 26.2 Å². The van der Waals surface area contributed by atoms with Crippen LogP contribution in [0.5, 0.6) is 5.75 Å². The molecule has 2 N–H and O–H groups in total. The van der Waals surface area contributed by atoms with E-state index in [1.54, 1.807) is 6.21 Å². The first-order valence-corrected chi connectivity index (χ1v) is 5.62. The molecule has 0 aromatic heterocycles. The van der Waals surface area contributed by atoms with Crippen molar-refractivity contribution in [3.05, 3.63) is 26.6 Å². The van der Waals surface area contributed by atoms with Crippen LogP contribution in [0.25, 0.3) is 0 Å². The van der Waals surface area contributed by atoms with Crippen molar-refractivity contribution in [3.8, 4) is 5.75 Å². The Balaban J connectivity index is 3.11. The predicted molar refractivity (Wildman–Crippen MR) is 64.8 cm³/mol. The second-order valence-electron chi connectivity index (χ2n) is 2.52. The predicted octanol–water partition coefficient (Wildman–Crippen LogP) is 2.90. The van der Waals surface area contributed by atoms with Crippen molar-refractivity contribution in [1.29, 1.82) is 0 Å². The zero-order chi connectivity index (χ0) is 10.6. The molecule has 0 aliphatic rings. The molecule has 0 aliphatic heterocycles. The van der Waals surface area contributed by atoms with Gasteiger partial charge in [-0.2, -0.15) is 5.10 Å². The summed E-state index contributed by atoms with van der Waals surface area (Å²) in [6.07, 6.45) is 1.57. The lowest BCUT2D eigenvalue weighted by Crippen LogP contribution is -1.95. The fourth-order valence-electron chi connectivity index (χ4n) is 1.02. The van der Waals surface area contributed by atoms with E-state index in [-0.39, 0.29) is 0 Å². The summed E-state index contributed by atoms with van der Waals surface area (Å²) in [5.41, 5.74) is 0.912. The Morgan fingerprint density at radius 2 is 2.00 bits per heavy atom. The fraction of sp³-hybridized carbons (Fsp3) is 0.222. The molecule has 0 aliphatic carbocycles. The van der Waals surface area contributed by atoms with Gasteiger partial charge in [-0.05, 0) is 56.5 Å². The highest BCUT2D eigenvalue weighted by molar-refractivity contribution is 9.11. The Morgan fingerprint density at radius 3 is 2.43 bits per heavy atom. The highest BCUT2D eigenvalue weighted by Gasteiger charge is 2.07. The van der Waals surface area contributed by atoms with Gasteiger partial charge in [-0.3, -0.25) is 0 Å². The maximum atomic E-state index is 5.43. The van der Waals surface area contributed by atoms with E-state index in [1.807, 2.05) is 19.1 Å². The molecule has 0 saturated carbocycles. The van der Waals surface area contributed by atoms with Crippen LogP contribution in [-0.4, -0.2) is 12.8 Å². The first kappa shape index (κ1) is 11.5. The van der Waals surface area contributed by atoms with Crippen LogP contribution >= 0.6 is 31.9 Å². The lowest BCUT2D eigenvalue weighted by Gasteiger charge is -2.08. The number of hydrogen-bond acceptors (Lipinski definition) is 3. The zero-order valence-corrected chi connectivity index (χ0v) is 10.8. The Kier molecular flexibility index (Phi) is 4.41. The van der Waals surface area contributed by atoms with Gasteiger partial charge in [-0.15, -0.1) is 0 Å². The largest absolute Gasteiger partial charge is 0.492 e. The molecule has 3 nitrogen and oxygen atoms in total. The number of halogens is 2. The lowest BCUT2D eigenvalue weighted by atomic mass is 10.2. The minimum atomic E-state index is 0.627. The van der Waals surface area contributed by atoms with Gasteiger partial charge in [0.25, 0.3) is 0 Å². The van der Waals surface area contributed by atoms with E-state index in [2.05, 4.69) is 37.0 Å². The Labute approximate surface area is 99.6 Å². The topological polar surface area (TPSA) is 47.6 Å². The van der Waals surface area contributed by atoms with Crippen LogP contribution in [0.1, 0.15) is 12.5 Å². The van der Waals surface area contributed by atoms with Gasteiger partial charge in [0.05, 0.1) is 21.8 Å². The monoisotopic (exact) mass is 320 g/mol. The standard InChI is InChI=1S/C9H10Br2N2O/c1-2-14-9-7(10)3-6(5-13-12)4-8(9)11/h3-5H,2,12H2,1H3/b13-5+. The number of ether oxygens (including phenoxy) is 1. The molecule has 5 heteroatoms. The smallest absolute Gasteiger partial charge is 0.147 e. The average Bonchev–Trinajstić information content (AvgIpc) is 2.12. The second-order valence-corrected chi connectivity index (χ2v) is 4.23. The number of hydrazone groups is 1. The van der Waals surface area contributed by atoms with Gasteiger partial charge < -0.3 is 10.6 Å². The molecule has 76 valence electrons. The van der Waals surface area contributed by atoms with Crippen molar-refractivity contribution in [1.82, 2.24) is 0 Å². The highest BCUT2D eigenvalue weighted by atomic mass is 79.9. The Hall–Kier alpha value is -0.550. The van der Waals surface area contributed by atoms with E-state index in [0.29, 0.717) is 6.61 Å². The molecular weight excluding hydrogens is 312 g/mol. The van der Waals surface area contributed by atoms with Gasteiger partial charge in [0.1, 0.15) is 5.75 Å². The molecule has 0 radical (unpaired) electrons. The van der Waals surface area contributed by atoms with Gasteiger partial charge in [-0.25, -0.2) is 0 Å². The van der Waals surface area contributed by atoms with Gasteiger partial charge in [0.2, 0.25) is 0 Å².